The van der Waals surface area contributed by atoms with Gasteiger partial charge in [-0.05, 0) is 47.5 Å². The molecule has 2 N–H and O–H groups in total. The predicted octanol–water partition coefficient (Wildman–Crippen LogP) is 5.89. The van der Waals surface area contributed by atoms with Gasteiger partial charge in [0.15, 0.2) is 6.61 Å². The summed E-state index contributed by atoms with van der Waals surface area (Å²) in [6, 6.07) is 20.7. The molecule has 0 saturated heterocycles. The first-order valence-corrected chi connectivity index (χ1v) is 11.1. The fraction of sp³-hybridized carbons (Fsp3) is 0.0800. The molecular formula is C25H18Cl3N3O3. The molecule has 0 aliphatic rings. The van der Waals surface area contributed by atoms with Crippen molar-refractivity contribution in [3.8, 4) is 11.8 Å². The summed E-state index contributed by atoms with van der Waals surface area (Å²) < 4.78 is 5.48. The first-order chi connectivity index (χ1) is 16.4. The van der Waals surface area contributed by atoms with Gasteiger partial charge in [0.05, 0.1) is 15.1 Å². The fourth-order valence-corrected chi connectivity index (χ4v) is 3.37. The van der Waals surface area contributed by atoms with Crippen LogP contribution in [0, 0.1) is 11.3 Å². The average molecular weight is 515 g/mol. The topological polar surface area (TPSA) is 91.2 Å². The maximum atomic E-state index is 12.4. The molecule has 6 nitrogen and oxygen atoms in total. The number of nitrogens with one attached hydrogen (secondary N) is 2. The summed E-state index contributed by atoms with van der Waals surface area (Å²) in [5.41, 5.74) is 1.86. The molecule has 0 aliphatic carbocycles. The number of benzene rings is 3. The van der Waals surface area contributed by atoms with E-state index in [0.717, 1.165) is 5.56 Å². The molecule has 3 aromatic carbocycles. The number of halogens is 3. The molecule has 0 saturated carbocycles. The largest absolute Gasteiger partial charge is 0.482 e. The summed E-state index contributed by atoms with van der Waals surface area (Å²) in [4.78, 5) is 24.5. The zero-order chi connectivity index (χ0) is 24.5. The highest BCUT2D eigenvalue weighted by atomic mass is 35.5. The van der Waals surface area contributed by atoms with E-state index < -0.39 is 11.8 Å². The van der Waals surface area contributed by atoms with Crippen molar-refractivity contribution in [2.45, 2.75) is 6.54 Å². The first-order valence-electron chi connectivity index (χ1n) is 9.97. The monoisotopic (exact) mass is 513 g/mol. The summed E-state index contributed by atoms with van der Waals surface area (Å²) >= 11 is 18.1. The van der Waals surface area contributed by atoms with Gasteiger partial charge in [0.25, 0.3) is 11.8 Å². The molecule has 9 heteroatoms. The number of ether oxygens (including phenoxy) is 1. The third-order valence-electron chi connectivity index (χ3n) is 4.49. The van der Waals surface area contributed by atoms with Gasteiger partial charge < -0.3 is 15.4 Å². The second kappa shape index (κ2) is 12.1. The Morgan fingerprint density at radius 3 is 2.38 bits per heavy atom. The van der Waals surface area contributed by atoms with E-state index in [2.05, 4.69) is 10.6 Å². The lowest BCUT2D eigenvalue weighted by Crippen LogP contribution is -2.23. The number of carbonyl (C=O) groups excluding carboxylic acids is 2. The molecule has 0 spiro atoms. The first kappa shape index (κ1) is 25.1. The number of nitrogens with zero attached hydrogens (tertiary/aromatic N) is 1. The van der Waals surface area contributed by atoms with Crippen molar-refractivity contribution in [3.63, 3.8) is 0 Å². The van der Waals surface area contributed by atoms with Crippen LogP contribution in [0.5, 0.6) is 5.75 Å². The molecule has 0 atom stereocenters. The van der Waals surface area contributed by atoms with E-state index >= 15 is 0 Å². The highest BCUT2D eigenvalue weighted by molar-refractivity contribution is 6.42. The van der Waals surface area contributed by atoms with Gasteiger partial charge in [-0.15, -0.1) is 0 Å². The van der Waals surface area contributed by atoms with Gasteiger partial charge in [-0.2, -0.15) is 5.26 Å². The Morgan fingerprint density at radius 1 is 0.941 bits per heavy atom. The van der Waals surface area contributed by atoms with Crippen molar-refractivity contribution in [1.29, 1.82) is 5.26 Å². The van der Waals surface area contributed by atoms with Crippen molar-refractivity contribution < 1.29 is 14.3 Å². The maximum Gasteiger partial charge on any atom is 0.262 e. The Kier molecular flexibility index (Phi) is 8.94. The molecule has 3 aromatic rings. The number of nitriles is 1. The Hall–Kier alpha value is -3.50. The van der Waals surface area contributed by atoms with E-state index in [1.54, 1.807) is 24.3 Å². The third-order valence-corrected chi connectivity index (χ3v) is 5.52. The minimum absolute atomic E-state index is 0.0679. The van der Waals surface area contributed by atoms with Gasteiger partial charge in [0.1, 0.15) is 17.4 Å². The van der Waals surface area contributed by atoms with E-state index in [9.17, 15) is 14.9 Å². The summed E-state index contributed by atoms with van der Waals surface area (Å²) in [5.74, 6) is -0.641. The number of rotatable bonds is 8. The smallest absolute Gasteiger partial charge is 0.262 e. The van der Waals surface area contributed by atoms with Crippen LogP contribution in [0.2, 0.25) is 15.1 Å². The second-order valence-electron chi connectivity index (χ2n) is 6.99. The highest BCUT2D eigenvalue weighted by Crippen LogP contribution is 2.27. The van der Waals surface area contributed by atoms with Crippen LogP contribution < -0.4 is 15.4 Å². The van der Waals surface area contributed by atoms with Crippen LogP contribution in [0.4, 0.5) is 5.69 Å². The van der Waals surface area contributed by atoms with Crippen molar-refractivity contribution in [2.24, 2.45) is 0 Å². The van der Waals surface area contributed by atoms with E-state index in [-0.39, 0.29) is 23.0 Å². The number of hydrogen-bond donors (Lipinski definition) is 2. The SMILES string of the molecule is N#C/C(=C\c1ccc(OCC(=O)Nc2ccc(Cl)c(Cl)c2)c(Cl)c1)C(=O)NCc1ccccc1. The molecule has 0 fully saturated rings. The van der Waals surface area contributed by atoms with Crippen molar-refractivity contribution >= 4 is 58.4 Å². The van der Waals surface area contributed by atoms with E-state index in [0.29, 0.717) is 27.8 Å². The molecule has 0 aliphatic heterocycles. The van der Waals surface area contributed by atoms with Crippen molar-refractivity contribution in [1.82, 2.24) is 5.32 Å². The van der Waals surface area contributed by atoms with Crippen LogP contribution in [0.3, 0.4) is 0 Å². The summed E-state index contributed by atoms with van der Waals surface area (Å²) in [7, 11) is 0. The number of anilines is 1. The van der Waals surface area contributed by atoms with Crippen LogP contribution >= 0.6 is 34.8 Å². The molecule has 0 unspecified atom stereocenters. The Morgan fingerprint density at radius 2 is 1.71 bits per heavy atom. The highest BCUT2D eigenvalue weighted by Gasteiger charge is 2.11. The lowest BCUT2D eigenvalue weighted by atomic mass is 10.1. The Labute approximate surface area is 211 Å². The summed E-state index contributed by atoms with van der Waals surface area (Å²) in [5, 5.41) is 15.6. The molecule has 0 bridgehead atoms. The average Bonchev–Trinajstić information content (AvgIpc) is 2.83. The van der Waals surface area contributed by atoms with Gasteiger partial charge in [-0.25, -0.2) is 0 Å². The third kappa shape index (κ3) is 7.26. The predicted molar refractivity (Wildman–Crippen MR) is 134 cm³/mol. The maximum absolute atomic E-state index is 12.4. The van der Waals surface area contributed by atoms with E-state index in [1.165, 1.54) is 18.2 Å². The molecule has 34 heavy (non-hydrogen) atoms. The lowest BCUT2D eigenvalue weighted by molar-refractivity contribution is -0.118. The van der Waals surface area contributed by atoms with Crippen molar-refractivity contribution in [2.75, 3.05) is 11.9 Å². The standard InChI is InChI=1S/C25H18Cl3N3O3/c26-20-8-7-19(12-21(20)27)31-24(32)15-34-23-9-6-17(11-22(23)28)10-18(13-29)25(33)30-14-16-4-2-1-3-5-16/h1-12H,14-15H2,(H,30,33)(H,31,32)/b18-10+. The van der Waals surface area contributed by atoms with Crippen LogP contribution in [0.15, 0.2) is 72.3 Å². The van der Waals surface area contributed by atoms with E-state index in [4.69, 9.17) is 39.5 Å². The molecule has 3 rings (SSSR count). The van der Waals surface area contributed by atoms with Gasteiger partial charge in [0, 0.05) is 12.2 Å². The van der Waals surface area contributed by atoms with Gasteiger partial charge in [-0.1, -0.05) is 71.2 Å². The number of hydrogen-bond acceptors (Lipinski definition) is 4. The van der Waals surface area contributed by atoms with Crippen LogP contribution in [0.25, 0.3) is 6.08 Å². The normalized spacial score (nSPS) is 10.8. The Balaban J connectivity index is 1.59. The van der Waals surface area contributed by atoms with Gasteiger partial charge in [-0.3, -0.25) is 9.59 Å². The zero-order valence-corrected chi connectivity index (χ0v) is 19.9. The minimum atomic E-state index is -0.498. The quantitative estimate of drug-likeness (QED) is 0.290. The van der Waals surface area contributed by atoms with Crippen LogP contribution in [-0.2, 0) is 16.1 Å². The van der Waals surface area contributed by atoms with Gasteiger partial charge in [0.2, 0.25) is 0 Å². The van der Waals surface area contributed by atoms with Crippen LogP contribution in [-0.4, -0.2) is 18.4 Å². The minimum Gasteiger partial charge on any atom is -0.482 e. The second-order valence-corrected chi connectivity index (χ2v) is 8.22. The number of amides is 2. The molecule has 0 aromatic heterocycles. The molecule has 2 amide bonds. The molecular weight excluding hydrogens is 497 g/mol. The van der Waals surface area contributed by atoms with E-state index in [1.807, 2.05) is 36.4 Å². The van der Waals surface area contributed by atoms with Crippen molar-refractivity contribution in [3.05, 3.63) is 98.5 Å². The summed E-state index contributed by atoms with van der Waals surface area (Å²) in [6.45, 7) is 0.0109. The molecule has 172 valence electrons. The fourth-order valence-electron chi connectivity index (χ4n) is 2.83. The number of carbonyl (C=O) groups is 2. The molecule has 0 radical (unpaired) electrons. The Bertz CT molecular complexity index is 1270. The zero-order valence-electron chi connectivity index (χ0n) is 17.6. The van der Waals surface area contributed by atoms with Gasteiger partial charge >= 0.3 is 0 Å². The molecule has 0 heterocycles. The summed E-state index contributed by atoms with van der Waals surface area (Å²) in [6.07, 6.45) is 1.42. The lowest BCUT2D eigenvalue weighted by Gasteiger charge is -2.10. The van der Waals surface area contributed by atoms with Crippen LogP contribution in [0.1, 0.15) is 11.1 Å².